The maximum absolute atomic E-state index is 12.0. The van der Waals surface area contributed by atoms with Crippen LogP contribution in [0, 0.1) is 0 Å². The third-order valence-electron chi connectivity index (χ3n) is 3.97. The molecule has 5 nitrogen and oxygen atoms in total. The van der Waals surface area contributed by atoms with Gasteiger partial charge >= 0.3 is 12.0 Å². The minimum absolute atomic E-state index is 0.140. The van der Waals surface area contributed by atoms with Crippen molar-refractivity contribution in [1.82, 2.24) is 10.2 Å². The number of carbonyl (C=O) groups excluding carboxylic acids is 1. The second-order valence-corrected chi connectivity index (χ2v) is 6.40. The molecule has 1 fully saturated rings. The Bertz CT molecular complexity index is 330. The van der Waals surface area contributed by atoms with Crippen LogP contribution >= 0.6 is 11.8 Å². The Labute approximate surface area is 119 Å². The lowest BCUT2D eigenvalue weighted by Crippen LogP contribution is -2.49. The van der Waals surface area contributed by atoms with Crippen LogP contribution < -0.4 is 5.32 Å². The minimum Gasteiger partial charge on any atom is -0.480 e. The van der Waals surface area contributed by atoms with E-state index in [-0.39, 0.29) is 10.8 Å². The van der Waals surface area contributed by atoms with E-state index in [9.17, 15) is 9.59 Å². The number of nitrogens with zero attached hydrogens (tertiary/aromatic N) is 1. The fourth-order valence-corrected chi connectivity index (χ4v) is 3.50. The number of thioether (sulfide) groups is 1. The zero-order valence-corrected chi connectivity index (χ0v) is 12.8. The van der Waals surface area contributed by atoms with Gasteiger partial charge in [-0.25, -0.2) is 9.59 Å². The molecule has 1 aliphatic rings. The second-order valence-electron chi connectivity index (χ2n) is 5.13. The molecule has 1 unspecified atom stereocenters. The lowest BCUT2D eigenvalue weighted by atomic mass is 10.1. The van der Waals surface area contributed by atoms with Crippen molar-refractivity contribution in [2.24, 2.45) is 0 Å². The first-order chi connectivity index (χ1) is 8.95. The standard InChI is InChI=1S/C13H24N2O3S/c1-4-10(11(16)17)15(2)12(18)14-9-13(19-3)7-5-6-8-13/h10H,4-9H2,1-3H3,(H,14,18)(H,16,17). The third kappa shape index (κ3) is 4.03. The summed E-state index contributed by atoms with van der Waals surface area (Å²) in [6.07, 6.45) is 7.14. The summed E-state index contributed by atoms with van der Waals surface area (Å²) in [6.45, 7) is 2.39. The molecule has 2 amide bonds. The highest BCUT2D eigenvalue weighted by atomic mass is 32.2. The summed E-state index contributed by atoms with van der Waals surface area (Å²) in [5.41, 5.74) is 0. The summed E-state index contributed by atoms with van der Waals surface area (Å²) < 4.78 is 0.140. The van der Waals surface area contributed by atoms with Crippen molar-refractivity contribution in [3.8, 4) is 0 Å². The molecule has 19 heavy (non-hydrogen) atoms. The maximum Gasteiger partial charge on any atom is 0.326 e. The third-order valence-corrected chi connectivity index (χ3v) is 5.39. The van der Waals surface area contributed by atoms with E-state index in [0.29, 0.717) is 13.0 Å². The van der Waals surface area contributed by atoms with Gasteiger partial charge in [0, 0.05) is 18.3 Å². The molecule has 1 aliphatic carbocycles. The molecule has 0 aromatic heterocycles. The summed E-state index contributed by atoms with van der Waals surface area (Å²) in [6, 6.07) is -1.05. The van der Waals surface area contributed by atoms with Crippen LogP contribution in [0.15, 0.2) is 0 Å². The number of aliphatic carboxylic acids is 1. The van der Waals surface area contributed by atoms with Crippen LogP contribution in [0.1, 0.15) is 39.0 Å². The molecule has 0 saturated heterocycles. The molecule has 6 heteroatoms. The van der Waals surface area contributed by atoms with E-state index in [0.717, 1.165) is 12.8 Å². The van der Waals surface area contributed by atoms with Gasteiger partial charge in [0.15, 0.2) is 0 Å². The highest BCUT2D eigenvalue weighted by molar-refractivity contribution is 8.00. The molecule has 0 aromatic rings. The van der Waals surface area contributed by atoms with E-state index in [1.807, 2.05) is 0 Å². The second kappa shape index (κ2) is 7.03. The quantitative estimate of drug-likeness (QED) is 0.786. The Morgan fingerprint density at radius 1 is 1.42 bits per heavy atom. The fraction of sp³-hybridized carbons (Fsp3) is 0.846. The lowest BCUT2D eigenvalue weighted by Gasteiger charge is -2.30. The number of nitrogens with one attached hydrogen (secondary N) is 1. The maximum atomic E-state index is 12.0. The molecule has 0 aliphatic heterocycles. The molecule has 110 valence electrons. The van der Waals surface area contributed by atoms with Crippen molar-refractivity contribution in [3.63, 3.8) is 0 Å². The zero-order valence-electron chi connectivity index (χ0n) is 11.9. The molecule has 1 rings (SSSR count). The van der Waals surface area contributed by atoms with Crippen molar-refractivity contribution in [3.05, 3.63) is 0 Å². The van der Waals surface area contributed by atoms with Crippen molar-refractivity contribution in [2.45, 2.75) is 49.8 Å². The first-order valence-electron chi connectivity index (χ1n) is 6.74. The number of carbonyl (C=O) groups is 2. The topological polar surface area (TPSA) is 69.6 Å². The normalized spacial score (nSPS) is 18.9. The average Bonchev–Trinajstić information content (AvgIpc) is 2.85. The molecule has 2 N–H and O–H groups in total. The Balaban J connectivity index is 2.52. The Morgan fingerprint density at radius 2 is 2.00 bits per heavy atom. The van der Waals surface area contributed by atoms with Gasteiger partial charge in [-0.15, -0.1) is 0 Å². The van der Waals surface area contributed by atoms with E-state index in [1.165, 1.54) is 24.8 Å². The van der Waals surface area contributed by atoms with Crippen LogP contribution in [-0.4, -0.2) is 52.6 Å². The highest BCUT2D eigenvalue weighted by Crippen LogP contribution is 2.39. The number of carboxylic acids is 1. The van der Waals surface area contributed by atoms with E-state index >= 15 is 0 Å². The summed E-state index contributed by atoms with van der Waals surface area (Å²) >= 11 is 1.80. The Kier molecular flexibility index (Phi) is 5.97. The Morgan fingerprint density at radius 3 is 2.42 bits per heavy atom. The molecule has 0 bridgehead atoms. The molecule has 0 heterocycles. The summed E-state index contributed by atoms with van der Waals surface area (Å²) in [5.74, 6) is -0.958. The van der Waals surface area contributed by atoms with Gasteiger partial charge in [-0.3, -0.25) is 0 Å². The number of urea groups is 1. The number of hydrogen-bond acceptors (Lipinski definition) is 3. The summed E-state index contributed by atoms with van der Waals surface area (Å²) in [7, 11) is 1.54. The number of rotatable bonds is 6. The number of hydrogen-bond donors (Lipinski definition) is 2. The predicted octanol–water partition coefficient (Wildman–Crippen LogP) is 2.17. The van der Waals surface area contributed by atoms with E-state index in [2.05, 4.69) is 11.6 Å². The van der Waals surface area contributed by atoms with Gasteiger partial charge in [-0.2, -0.15) is 11.8 Å². The molecular formula is C13H24N2O3S. The van der Waals surface area contributed by atoms with Crippen LogP contribution in [0.5, 0.6) is 0 Å². The SMILES string of the molecule is CCC(C(=O)O)N(C)C(=O)NCC1(SC)CCCC1. The van der Waals surface area contributed by atoms with Crippen molar-refractivity contribution in [2.75, 3.05) is 19.8 Å². The number of carboxylic acid groups (broad SMARTS) is 1. The smallest absolute Gasteiger partial charge is 0.326 e. The summed E-state index contributed by atoms with van der Waals surface area (Å²) in [4.78, 5) is 24.3. The molecule has 1 atom stereocenters. The van der Waals surface area contributed by atoms with E-state index in [1.54, 1.807) is 18.7 Å². The van der Waals surface area contributed by atoms with Crippen LogP contribution in [-0.2, 0) is 4.79 Å². The first-order valence-corrected chi connectivity index (χ1v) is 7.97. The fourth-order valence-electron chi connectivity index (χ4n) is 2.59. The van der Waals surface area contributed by atoms with Gasteiger partial charge in [0.05, 0.1) is 0 Å². The number of amides is 2. The van der Waals surface area contributed by atoms with E-state index < -0.39 is 12.0 Å². The zero-order chi connectivity index (χ0) is 14.5. The summed E-state index contributed by atoms with van der Waals surface area (Å²) in [5, 5.41) is 11.9. The van der Waals surface area contributed by atoms with Crippen LogP contribution in [0.4, 0.5) is 4.79 Å². The van der Waals surface area contributed by atoms with E-state index in [4.69, 9.17) is 5.11 Å². The largest absolute Gasteiger partial charge is 0.480 e. The van der Waals surface area contributed by atoms with Gasteiger partial charge in [0.25, 0.3) is 0 Å². The lowest BCUT2D eigenvalue weighted by molar-refractivity contribution is -0.141. The first kappa shape index (κ1) is 16.1. The molecule has 0 aromatic carbocycles. The predicted molar refractivity (Wildman–Crippen MR) is 77.6 cm³/mol. The van der Waals surface area contributed by atoms with Gasteiger partial charge in [-0.1, -0.05) is 19.8 Å². The van der Waals surface area contributed by atoms with Gasteiger partial charge < -0.3 is 15.3 Å². The molecule has 1 saturated carbocycles. The van der Waals surface area contributed by atoms with Gasteiger partial charge in [0.2, 0.25) is 0 Å². The average molecular weight is 288 g/mol. The molecular weight excluding hydrogens is 264 g/mol. The van der Waals surface area contributed by atoms with Gasteiger partial charge in [0.1, 0.15) is 6.04 Å². The molecule has 0 spiro atoms. The Hall–Kier alpha value is -0.910. The monoisotopic (exact) mass is 288 g/mol. The van der Waals surface area contributed by atoms with Gasteiger partial charge in [-0.05, 0) is 25.5 Å². The minimum atomic E-state index is -0.958. The van der Waals surface area contributed by atoms with Crippen molar-refractivity contribution >= 4 is 23.8 Å². The van der Waals surface area contributed by atoms with Crippen LogP contribution in [0.25, 0.3) is 0 Å². The molecule has 0 radical (unpaired) electrons. The number of likely N-dealkylation sites (N-methyl/N-ethyl adjacent to an activating group) is 1. The van der Waals surface area contributed by atoms with Crippen molar-refractivity contribution in [1.29, 1.82) is 0 Å². The van der Waals surface area contributed by atoms with Crippen LogP contribution in [0.3, 0.4) is 0 Å². The highest BCUT2D eigenvalue weighted by Gasteiger charge is 2.34. The van der Waals surface area contributed by atoms with Crippen molar-refractivity contribution < 1.29 is 14.7 Å². The van der Waals surface area contributed by atoms with Crippen LogP contribution in [0.2, 0.25) is 0 Å².